The second-order valence-corrected chi connectivity index (χ2v) is 4.74. The molecule has 0 unspecified atom stereocenters. The molecule has 1 aliphatic heterocycles. The number of morpholine rings is 1. The van der Waals surface area contributed by atoms with Gasteiger partial charge in [0.15, 0.2) is 0 Å². The van der Waals surface area contributed by atoms with Crippen LogP contribution in [0.5, 0.6) is 5.75 Å². The van der Waals surface area contributed by atoms with Crippen molar-refractivity contribution >= 4 is 11.0 Å². The van der Waals surface area contributed by atoms with E-state index in [1.807, 2.05) is 18.2 Å². The van der Waals surface area contributed by atoms with E-state index in [4.69, 9.17) is 9.47 Å². The van der Waals surface area contributed by atoms with E-state index in [1.54, 1.807) is 6.33 Å². The highest BCUT2D eigenvalue weighted by molar-refractivity contribution is 5.75. The number of nitrogens with one attached hydrogen (secondary N) is 1. The third-order valence-corrected chi connectivity index (χ3v) is 3.38. The van der Waals surface area contributed by atoms with Crippen LogP contribution in [0.3, 0.4) is 0 Å². The average molecular weight is 261 g/mol. The number of ether oxygens (including phenoxy) is 2. The molecule has 1 aromatic carbocycles. The number of H-pyrrole nitrogens is 1. The Labute approximate surface area is 112 Å². The van der Waals surface area contributed by atoms with Crippen molar-refractivity contribution in [3.05, 3.63) is 24.5 Å². The normalized spacial score (nSPS) is 16.8. The summed E-state index contributed by atoms with van der Waals surface area (Å²) in [6.45, 7) is 5.63. The lowest BCUT2D eigenvalue weighted by Gasteiger charge is -2.26. The Morgan fingerprint density at radius 3 is 3.11 bits per heavy atom. The molecule has 5 heteroatoms. The van der Waals surface area contributed by atoms with E-state index in [9.17, 15) is 0 Å². The zero-order chi connectivity index (χ0) is 12.9. The molecule has 0 amide bonds. The quantitative estimate of drug-likeness (QED) is 0.832. The lowest BCUT2D eigenvalue weighted by atomic mass is 10.3. The van der Waals surface area contributed by atoms with Crippen molar-refractivity contribution in [3.63, 3.8) is 0 Å². The first-order chi connectivity index (χ1) is 9.42. The molecule has 102 valence electrons. The van der Waals surface area contributed by atoms with Gasteiger partial charge in [0.25, 0.3) is 0 Å². The van der Waals surface area contributed by atoms with Crippen LogP contribution >= 0.6 is 0 Å². The predicted molar refractivity (Wildman–Crippen MR) is 73.5 cm³/mol. The van der Waals surface area contributed by atoms with Crippen molar-refractivity contribution in [1.29, 1.82) is 0 Å². The molecular formula is C14H19N3O2. The van der Waals surface area contributed by atoms with E-state index in [1.165, 1.54) is 0 Å². The van der Waals surface area contributed by atoms with Gasteiger partial charge in [0.05, 0.1) is 37.2 Å². The molecule has 0 saturated carbocycles. The van der Waals surface area contributed by atoms with Gasteiger partial charge in [-0.25, -0.2) is 4.98 Å². The van der Waals surface area contributed by atoms with Crippen molar-refractivity contribution in [2.45, 2.75) is 6.42 Å². The number of imidazole rings is 1. The highest BCUT2D eigenvalue weighted by Crippen LogP contribution is 2.17. The number of nitrogens with zero attached hydrogens (tertiary/aromatic N) is 2. The summed E-state index contributed by atoms with van der Waals surface area (Å²) in [5.74, 6) is 0.902. The van der Waals surface area contributed by atoms with Gasteiger partial charge in [-0.3, -0.25) is 4.90 Å². The Morgan fingerprint density at radius 1 is 1.32 bits per heavy atom. The van der Waals surface area contributed by atoms with Crippen molar-refractivity contribution in [3.8, 4) is 5.75 Å². The van der Waals surface area contributed by atoms with Crippen LogP contribution in [0.15, 0.2) is 24.5 Å². The summed E-state index contributed by atoms with van der Waals surface area (Å²) in [6, 6.07) is 5.94. The summed E-state index contributed by atoms with van der Waals surface area (Å²) in [4.78, 5) is 9.70. The van der Waals surface area contributed by atoms with E-state index in [0.29, 0.717) is 0 Å². The molecule has 0 atom stereocenters. The molecule has 0 bridgehead atoms. The maximum Gasteiger partial charge on any atom is 0.121 e. The van der Waals surface area contributed by atoms with Crippen LogP contribution in [0.25, 0.3) is 11.0 Å². The number of hydrogen-bond acceptors (Lipinski definition) is 4. The number of aromatic amines is 1. The van der Waals surface area contributed by atoms with Gasteiger partial charge >= 0.3 is 0 Å². The molecule has 2 aromatic rings. The Morgan fingerprint density at radius 2 is 2.21 bits per heavy atom. The molecular weight excluding hydrogens is 242 g/mol. The van der Waals surface area contributed by atoms with Crippen molar-refractivity contribution in [2.24, 2.45) is 0 Å². The number of aromatic nitrogens is 2. The fourth-order valence-electron chi connectivity index (χ4n) is 2.31. The molecule has 1 N–H and O–H groups in total. The van der Waals surface area contributed by atoms with E-state index in [2.05, 4.69) is 14.9 Å². The lowest BCUT2D eigenvalue weighted by Crippen LogP contribution is -2.37. The fraction of sp³-hybridized carbons (Fsp3) is 0.500. The Balaban J connectivity index is 1.43. The van der Waals surface area contributed by atoms with Gasteiger partial charge in [0.2, 0.25) is 0 Å². The van der Waals surface area contributed by atoms with Crippen molar-refractivity contribution in [2.75, 3.05) is 39.5 Å². The van der Waals surface area contributed by atoms with Gasteiger partial charge in [-0.2, -0.15) is 0 Å². The first kappa shape index (κ1) is 12.4. The average Bonchev–Trinajstić information content (AvgIpc) is 2.92. The number of benzene rings is 1. The van der Waals surface area contributed by atoms with Crippen LogP contribution in [0.2, 0.25) is 0 Å². The summed E-state index contributed by atoms with van der Waals surface area (Å²) in [5.41, 5.74) is 1.99. The molecule has 1 aromatic heterocycles. The minimum Gasteiger partial charge on any atom is -0.493 e. The third kappa shape index (κ3) is 3.24. The zero-order valence-electron chi connectivity index (χ0n) is 11.0. The Bertz CT molecular complexity index is 520. The summed E-state index contributed by atoms with van der Waals surface area (Å²) in [5, 5.41) is 0. The maximum absolute atomic E-state index is 5.77. The van der Waals surface area contributed by atoms with Crippen LogP contribution in [0.4, 0.5) is 0 Å². The molecule has 2 heterocycles. The SMILES string of the molecule is c1nc2ccc(OCCCN3CCOCC3)cc2[nH]1. The number of hydrogen-bond donors (Lipinski definition) is 1. The maximum atomic E-state index is 5.77. The highest BCUT2D eigenvalue weighted by Gasteiger charge is 2.09. The Hall–Kier alpha value is -1.59. The second kappa shape index (κ2) is 6.04. The molecule has 0 aliphatic carbocycles. The van der Waals surface area contributed by atoms with Crippen LogP contribution in [-0.4, -0.2) is 54.3 Å². The van der Waals surface area contributed by atoms with Gasteiger partial charge < -0.3 is 14.5 Å². The summed E-state index contributed by atoms with van der Waals surface area (Å²) >= 11 is 0. The summed E-state index contributed by atoms with van der Waals surface area (Å²) in [7, 11) is 0. The highest BCUT2D eigenvalue weighted by atomic mass is 16.5. The van der Waals surface area contributed by atoms with E-state index in [0.717, 1.165) is 62.7 Å². The molecule has 19 heavy (non-hydrogen) atoms. The van der Waals surface area contributed by atoms with Gasteiger partial charge in [-0.1, -0.05) is 0 Å². The first-order valence-electron chi connectivity index (χ1n) is 6.78. The molecule has 1 aliphatic rings. The zero-order valence-corrected chi connectivity index (χ0v) is 11.0. The largest absolute Gasteiger partial charge is 0.493 e. The van der Waals surface area contributed by atoms with Gasteiger partial charge in [-0.15, -0.1) is 0 Å². The fourth-order valence-corrected chi connectivity index (χ4v) is 2.31. The predicted octanol–water partition coefficient (Wildman–Crippen LogP) is 1.66. The van der Waals surface area contributed by atoms with E-state index in [-0.39, 0.29) is 0 Å². The lowest BCUT2D eigenvalue weighted by molar-refractivity contribution is 0.0358. The van der Waals surface area contributed by atoms with Crippen molar-refractivity contribution < 1.29 is 9.47 Å². The minimum atomic E-state index is 0.747. The van der Waals surface area contributed by atoms with Crippen LogP contribution < -0.4 is 4.74 Å². The number of fused-ring (bicyclic) bond motifs is 1. The van der Waals surface area contributed by atoms with Gasteiger partial charge in [0, 0.05) is 25.7 Å². The molecule has 1 saturated heterocycles. The van der Waals surface area contributed by atoms with Crippen LogP contribution in [0.1, 0.15) is 6.42 Å². The van der Waals surface area contributed by atoms with Crippen LogP contribution in [0, 0.1) is 0 Å². The molecule has 3 rings (SSSR count). The molecule has 5 nitrogen and oxygen atoms in total. The van der Waals surface area contributed by atoms with Crippen LogP contribution in [-0.2, 0) is 4.74 Å². The number of rotatable bonds is 5. The third-order valence-electron chi connectivity index (χ3n) is 3.38. The summed E-state index contributed by atoms with van der Waals surface area (Å²) in [6.07, 6.45) is 2.74. The Kier molecular flexibility index (Phi) is 3.95. The van der Waals surface area contributed by atoms with Gasteiger partial charge in [0.1, 0.15) is 5.75 Å². The summed E-state index contributed by atoms with van der Waals surface area (Å²) < 4.78 is 11.1. The first-order valence-corrected chi connectivity index (χ1v) is 6.78. The van der Waals surface area contributed by atoms with E-state index >= 15 is 0 Å². The smallest absolute Gasteiger partial charge is 0.121 e. The van der Waals surface area contributed by atoms with E-state index < -0.39 is 0 Å². The monoisotopic (exact) mass is 261 g/mol. The van der Waals surface area contributed by atoms with Crippen molar-refractivity contribution in [1.82, 2.24) is 14.9 Å². The molecule has 0 spiro atoms. The standard InChI is InChI=1S/C14H19N3O2/c1(4-17-5-8-18-9-6-17)7-19-12-2-3-13-14(10-12)16-11-15-13/h2-3,10-11H,1,4-9H2,(H,15,16). The van der Waals surface area contributed by atoms with Gasteiger partial charge in [-0.05, 0) is 18.6 Å². The molecule has 1 fully saturated rings. The molecule has 0 radical (unpaired) electrons. The second-order valence-electron chi connectivity index (χ2n) is 4.74. The topological polar surface area (TPSA) is 50.4 Å². The minimum absolute atomic E-state index is 0.747.